The lowest BCUT2D eigenvalue weighted by Crippen LogP contribution is -2.14. The van der Waals surface area contributed by atoms with Gasteiger partial charge in [0.2, 0.25) is 0 Å². The quantitative estimate of drug-likeness (QED) is 0.769. The van der Waals surface area contributed by atoms with Crippen molar-refractivity contribution in [3.63, 3.8) is 0 Å². The third-order valence-electron chi connectivity index (χ3n) is 3.36. The smallest absolute Gasteiger partial charge is 0.142 e. The molecule has 18 heavy (non-hydrogen) atoms. The molecule has 3 nitrogen and oxygen atoms in total. The van der Waals surface area contributed by atoms with Crippen LogP contribution in [0.5, 0.6) is 5.75 Å². The average molecular weight is 246 g/mol. The molecule has 0 radical (unpaired) electrons. The largest absolute Gasteiger partial charge is 0.495 e. The number of aromatic amines is 1. The summed E-state index contributed by atoms with van der Waals surface area (Å²) in [4.78, 5) is 3.34. The SMILES string of the molecule is CCNCCCc1c[nH]c2c(OC)ccc(C)c12. The summed E-state index contributed by atoms with van der Waals surface area (Å²) in [6.45, 7) is 6.41. The van der Waals surface area contributed by atoms with E-state index in [1.165, 1.54) is 16.5 Å². The van der Waals surface area contributed by atoms with Crippen LogP contribution in [0, 0.1) is 6.92 Å². The summed E-state index contributed by atoms with van der Waals surface area (Å²) < 4.78 is 5.40. The molecule has 0 unspecified atom stereocenters. The van der Waals surface area contributed by atoms with Crippen LogP contribution in [0.3, 0.4) is 0 Å². The minimum atomic E-state index is 0.925. The van der Waals surface area contributed by atoms with Crippen molar-refractivity contribution in [2.75, 3.05) is 20.2 Å². The molecule has 2 aromatic rings. The van der Waals surface area contributed by atoms with Gasteiger partial charge in [-0.25, -0.2) is 0 Å². The maximum Gasteiger partial charge on any atom is 0.142 e. The molecule has 0 atom stereocenters. The van der Waals surface area contributed by atoms with Gasteiger partial charge in [-0.1, -0.05) is 13.0 Å². The van der Waals surface area contributed by atoms with Crippen LogP contribution in [0.1, 0.15) is 24.5 Å². The van der Waals surface area contributed by atoms with E-state index in [9.17, 15) is 0 Å². The second kappa shape index (κ2) is 5.91. The summed E-state index contributed by atoms with van der Waals surface area (Å²) in [7, 11) is 1.72. The zero-order chi connectivity index (χ0) is 13.0. The fourth-order valence-electron chi connectivity index (χ4n) is 2.42. The molecule has 1 aromatic heterocycles. The molecule has 2 rings (SSSR count). The Balaban J connectivity index is 2.24. The monoisotopic (exact) mass is 246 g/mol. The molecule has 0 bridgehead atoms. The van der Waals surface area contributed by atoms with E-state index in [0.717, 1.165) is 37.2 Å². The highest BCUT2D eigenvalue weighted by atomic mass is 16.5. The van der Waals surface area contributed by atoms with Crippen LogP contribution < -0.4 is 10.1 Å². The number of aromatic nitrogens is 1. The van der Waals surface area contributed by atoms with E-state index in [4.69, 9.17) is 4.74 Å². The number of hydrogen-bond donors (Lipinski definition) is 2. The number of rotatable bonds is 6. The predicted molar refractivity (Wildman–Crippen MR) is 76.5 cm³/mol. The number of ether oxygens (including phenoxy) is 1. The predicted octanol–water partition coefficient (Wildman–Crippen LogP) is 3.03. The van der Waals surface area contributed by atoms with E-state index in [0.29, 0.717) is 0 Å². The number of hydrogen-bond acceptors (Lipinski definition) is 2. The van der Waals surface area contributed by atoms with Crippen molar-refractivity contribution in [1.82, 2.24) is 10.3 Å². The number of benzene rings is 1. The van der Waals surface area contributed by atoms with Crippen LogP contribution in [-0.4, -0.2) is 25.2 Å². The van der Waals surface area contributed by atoms with Crippen LogP contribution in [0.25, 0.3) is 10.9 Å². The third kappa shape index (κ3) is 2.51. The molecule has 0 spiro atoms. The second-order valence-corrected chi connectivity index (χ2v) is 4.61. The number of aryl methyl sites for hydroxylation is 2. The maximum absolute atomic E-state index is 5.40. The van der Waals surface area contributed by atoms with Crippen molar-refractivity contribution in [3.05, 3.63) is 29.5 Å². The van der Waals surface area contributed by atoms with Crippen molar-refractivity contribution >= 4 is 10.9 Å². The zero-order valence-electron chi connectivity index (χ0n) is 11.5. The lowest BCUT2D eigenvalue weighted by molar-refractivity contribution is 0.419. The van der Waals surface area contributed by atoms with Gasteiger partial charge >= 0.3 is 0 Å². The summed E-state index contributed by atoms with van der Waals surface area (Å²) >= 11 is 0. The van der Waals surface area contributed by atoms with Gasteiger partial charge in [-0.05, 0) is 50.0 Å². The average Bonchev–Trinajstić information content (AvgIpc) is 2.80. The second-order valence-electron chi connectivity index (χ2n) is 4.61. The lowest BCUT2D eigenvalue weighted by Gasteiger charge is -2.06. The standard InChI is InChI=1S/C15H22N2O/c1-4-16-9-5-6-12-10-17-15-13(18-3)8-7-11(2)14(12)15/h7-8,10,16-17H,4-6,9H2,1-3H3. The normalized spacial score (nSPS) is 11.1. The fraction of sp³-hybridized carbons (Fsp3) is 0.467. The topological polar surface area (TPSA) is 37.0 Å². The summed E-state index contributed by atoms with van der Waals surface area (Å²) in [5, 5.41) is 4.69. The first kappa shape index (κ1) is 13.0. The summed E-state index contributed by atoms with van der Waals surface area (Å²) in [5.74, 6) is 0.925. The summed E-state index contributed by atoms with van der Waals surface area (Å²) in [5.41, 5.74) is 3.82. The van der Waals surface area contributed by atoms with Crippen LogP contribution in [0.15, 0.2) is 18.3 Å². The number of methoxy groups -OCH3 is 1. The van der Waals surface area contributed by atoms with Crippen molar-refractivity contribution in [3.8, 4) is 5.75 Å². The molecule has 0 saturated heterocycles. The van der Waals surface area contributed by atoms with Crippen LogP contribution in [0.2, 0.25) is 0 Å². The highest BCUT2D eigenvalue weighted by molar-refractivity contribution is 5.91. The van der Waals surface area contributed by atoms with E-state index in [1.807, 2.05) is 6.07 Å². The molecule has 3 heteroatoms. The maximum atomic E-state index is 5.40. The molecule has 0 fully saturated rings. The van der Waals surface area contributed by atoms with E-state index >= 15 is 0 Å². The molecular formula is C15H22N2O. The highest BCUT2D eigenvalue weighted by Gasteiger charge is 2.10. The Labute approximate surface area is 109 Å². The van der Waals surface area contributed by atoms with Gasteiger partial charge in [0, 0.05) is 11.6 Å². The van der Waals surface area contributed by atoms with Gasteiger partial charge in [-0.15, -0.1) is 0 Å². The van der Waals surface area contributed by atoms with Gasteiger partial charge in [0.05, 0.1) is 12.6 Å². The Bertz CT molecular complexity index is 516. The minimum absolute atomic E-state index is 0.925. The fourth-order valence-corrected chi connectivity index (χ4v) is 2.42. The number of fused-ring (bicyclic) bond motifs is 1. The molecule has 0 amide bonds. The van der Waals surface area contributed by atoms with Crippen LogP contribution >= 0.6 is 0 Å². The first-order valence-corrected chi connectivity index (χ1v) is 6.62. The molecule has 98 valence electrons. The minimum Gasteiger partial charge on any atom is -0.495 e. The third-order valence-corrected chi connectivity index (χ3v) is 3.36. The van der Waals surface area contributed by atoms with Crippen molar-refractivity contribution in [2.24, 2.45) is 0 Å². The van der Waals surface area contributed by atoms with Gasteiger partial charge < -0.3 is 15.0 Å². The Morgan fingerprint density at radius 2 is 2.17 bits per heavy atom. The van der Waals surface area contributed by atoms with E-state index in [2.05, 4.69) is 36.4 Å². The van der Waals surface area contributed by atoms with Gasteiger partial charge in [0.15, 0.2) is 0 Å². The van der Waals surface area contributed by atoms with Crippen LogP contribution in [0.4, 0.5) is 0 Å². The Kier molecular flexibility index (Phi) is 4.26. The van der Waals surface area contributed by atoms with E-state index in [1.54, 1.807) is 7.11 Å². The van der Waals surface area contributed by atoms with Crippen molar-refractivity contribution in [1.29, 1.82) is 0 Å². The molecule has 1 aromatic carbocycles. The van der Waals surface area contributed by atoms with Crippen LogP contribution in [-0.2, 0) is 6.42 Å². The number of nitrogens with one attached hydrogen (secondary N) is 2. The number of H-pyrrole nitrogens is 1. The summed E-state index contributed by atoms with van der Waals surface area (Å²) in [6.07, 6.45) is 4.38. The zero-order valence-corrected chi connectivity index (χ0v) is 11.5. The van der Waals surface area contributed by atoms with E-state index in [-0.39, 0.29) is 0 Å². The van der Waals surface area contributed by atoms with Gasteiger partial charge in [0.25, 0.3) is 0 Å². The molecule has 2 N–H and O–H groups in total. The Hall–Kier alpha value is -1.48. The van der Waals surface area contributed by atoms with Gasteiger partial charge in [-0.2, -0.15) is 0 Å². The first-order chi connectivity index (χ1) is 8.77. The van der Waals surface area contributed by atoms with Gasteiger partial charge in [0.1, 0.15) is 5.75 Å². The van der Waals surface area contributed by atoms with E-state index < -0.39 is 0 Å². The van der Waals surface area contributed by atoms with Crippen molar-refractivity contribution < 1.29 is 4.74 Å². The Morgan fingerprint density at radius 1 is 1.33 bits per heavy atom. The molecule has 0 aliphatic rings. The molecular weight excluding hydrogens is 224 g/mol. The lowest BCUT2D eigenvalue weighted by atomic mass is 10.0. The molecule has 0 aliphatic heterocycles. The van der Waals surface area contributed by atoms with Crippen molar-refractivity contribution in [2.45, 2.75) is 26.7 Å². The Morgan fingerprint density at radius 3 is 2.89 bits per heavy atom. The molecule has 0 saturated carbocycles. The summed E-state index contributed by atoms with van der Waals surface area (Å²) in [6, 6.07) is 4.15. The first-order valence-electron chi connectivity index (χ1n) is 6.62. The molecule has 1 heterocycles. The highest BCUT2D eigenvalue weighted by Crippen LogP contribution is 2.30. The van der Waals surface area contributed by atoms with Gasteiger partial charge in [-0.3, -0.25) is 0 Å². The molecule has 0 aliphatic carbocycles.